The molecular weight excluding hydrogens is 390 g/mol. The molecule has 0 atom stereocenters. The van der Waals surface area contributed by atoms with Crippen LogP contribution in [-0.4, -0.2) is 31.0 Å². The van der Waals surface area contributed by atoms with Crippen molar-refractivity contribution in [1.82, 2.24) is 9.97 Å². The second kappa shape index (κ2) is 8.14. The molecule has 0 saturated carbocycles. The van der Waals surface area contributed by atoms with Crippen LogP contribution in [0.2, 0.25) is 0 Å². The van der Waals surface area contributed by atoms with Crippen LogP contribution < -0.4 is 9.46 Å². The molecule has 8 nitrogen and oxygen atoms in total. The molecule has 2 heterocycles. The quantitative estimate of drug-likeness (QED) is 0.601. The summed E-state index contributed by atoms with van der Waals surface area (Å²) in [4.78, 5) is 19.5. The summed E-state index contributed by atoms with van der Waals surface area (Å²) >= 11 is 0.983. The molecule has 10 heteroatoms. The Morgan fingerprint density at radius 1 is 1.19 bits per heavy atom. The minimum absolute atomic E-state index is 0.0456. The van der Waals surface area contributed by atoms with Crippen LogP contribution >= 0.6 is 11.3 Å². The van der Waals surface area contributed by atoms with E-state index in [1.54, 1.807) is 19.1 Å². The zero-order chi connectivity index (χ0) is 19.3. The molecule has 3 aromatic rings. The number of nitrogens with one attached hydrogen (secondary N) is 1. The largest absolute Gasteiger partial charge is 0.461 e. The number of nitrogens with zero attached hydrogens (tertiary/aromatic N) is 2. The second-order valence-electron chi connectivity index (χ2n) is 5.11. The number of aromatic nitrogens is 2. The van der Waals surface area contributed by atoms with Crippen LogP contribution in [0.15, 0.2) is 58.9 Å². The van der Waals surface area contributed by atoms with Crippen LogP contribution in [0.1, 0.15) is 17.4 Å². The van der Waals surface area contributed by atoms with Crippen LogP contribution in [0, 0.1) is 0 Å². The van der Waals surface area contributed by atoms with Gasteiger partial charge in [0.25, 0.3) is 10.0 Å². The van der Waals surface area contributed by atoms with Crippen LogP contribution in [0.25, 0.3) is 0 Å². The topological polar surface area (TPSA) is 107 Å². The molecular formula is C17H15N3O5S2. The first kappa shape index (κ1) is 18.8. The van der Waals surface area contributed by atoms with Crippen molar-refractivity contribution in [2.24, 2.45) is 0 Å². The van der Waals surface area contributed by atoms with Crippen molar-refractivity contribution < 1.29 is 22.7 Å². The molecule has 1 aromatic carbocycles. The lowest BCUT2D eigenvalue weighted by atomic mass is 10.3. The minimum Gasteiger partial charge on any atom is -0.461 e. The summed E-state index contributed by atoms with van der Waals surface area (Å²) in [6, 6.07) is 11.8. The van der Waals surface area contributed by atoms with E-state index >= 15 is 0 Å². The molecule has 3 rings (SSSR count). The summed E-state index contributed by atoms with van der Waals surface area (Å²) < 4.78 is 37.5. The highest BCUT2D eigenvalue weighted by Gasteiger charge is 2.19. The molecule has 0 radical (unpaired) electrons. The molecule has 0 aliphatic rings. The molecule has 0 amide bonds. The lowest BCUT2D eigenvalue weighted by Gasteiger charge is -2.07. The van der Waals surface area contributed by atoms with E-state index in [2.05, 4.69) is 14.7 Å². The fourth-order valence-corrected chi connectivity index (χ4v) is 3.87. The average Bonchev–Trinajstić information content (AvgIpc) is 3.11. The van der Waals surface area contributed by atoms with E-state index in [0.29, 0.717) is 5.75 Å². The number of benzene rings is 1. The number of ether oxygens (including phenoxy) is 2. The van der Waals surface area contributed by atoms with E-state index in [0.717, 1.165) is 11.3 Å². The Bertz CT molecular complexity index is 1020. The molecule has 27 heavy (non-hydrogen) atoms. The summed E-state index contributed by atoms with van der Waals surface area (Å²) in [5, 5.41) is 1.48. The SMILES string of the molecule is CCOC(=O)c1csc(NS(=O)(=O)c2ccc(Oc3ccccc3)nc2)n1. The Kier molecular flexibility index (Phi) is 5.67. The van der Waals surface area contributed by atoms with Gasteiger partial charge >= 0.3 is 5.97 Å². The fourth-order valence-electron chi connectivity index (χ4n) is 1.99. The van der Waals surface area contributed by atoms with Crippen molar-refractivity contribution in [1.29, 1.82) is 0 Å². The third kappa shape index (κ3) is 4.80. The van der Waals surface area contributed by atoms with Gasteiger partial charge in [-0.3, -0.25) is 4.72 Å². The van der Waals surface area contributed by atoms with Crippen molar-refractivity contribution in [3.63, 3.8) is 0 Å². The van der Waals surface area contributed by atoms with Gasteiger partial charge in [-0.1, -0.05) is 18.2 Å². The molecule has 0 bridgehead atoms. The number of sulfonamides is 1. The Hall–Kier alpha value is -2.98. The van der Waals surface area contributed by atoms with E-state index in [4.69, 9.17) is 9.47 Å². The van der Waals surface area contributed by atoms with Crippen molar-refractivity contribution in [2.75, 3.05) is 11.3 Å². The monoisotopic (exact) mass is 405 g/mol. The van der Waals surface area contributed by atoms with Gasteiger partial charge in [-0.25, -0.2) is 23.2 Å². The number of rotatable bonds is 7. The third-order valence-corrected chi connectivity index (χ3v) is 5.41. The highest BCUT2D eigenvalue weighted by atomic mass is 32.2. The van der Waals surface area contributed by atoms with E-state index < -0.39 is 16.0 Å². The molecule has 0 unspecified atom stereocenters. The Balaban J connectivity index is 1.70. The maximum atomic E-state index is 12.4. The van der Waals surface area contributed by atoms with Crippen molar-refractivity contribution in [2.45, 2.75) is 11.8 Å². The summed E-state index contributed by atoms with van der Waals surface area (Å²) in [7, 11) is -3.90. The second-order valence-corrected chi connectivity index (χ2v) is 7.65. The lowest BCUT2D eigenvalue weighted by Crippen LogP contribution is -2.13. The molecule has 0 aliphatic carbocycles. The zero-order valence-electron chi connectivity index (χ0n) is 14.2. The fraction of sp³-hybridized carbons (Fsp3) is 0.118. The predicted molar refractivity (Wildman–Crippen MR) is 99.6 cm³/mol. The third-order valence-electron chi connectivity index (χ3n) is 3.20. The van der Waals surface area contributed by atoms with E-state index in [1.807, 2.05) is 18.2 Å². The minimum atomic E-state index is -3.90. The number of hydrogen-bond acceptors (Lipinski definition) is 8. The first-order valence-corrected chi connectivity index (χ1v) is 10.2. The maximum Gasteiger partial charge on any atom is 0.357 e. The molecule has 2 aromatic heterocycles. The smallest absolute Gasteiger partial charge is 0.357 e. The van der Waals surface area contributed by atoms with E-state index in [9.17, 15) is 13.2 Å². The van der Waals surface area contributed by atoms with Crippen molar-refractivity contribution in [3.8, 4) is 11.6 Å². The maximum absolute atomic E-state index is 12.4. The number of hydrogen-bond donors (Lipinski definition) is 1. The van der Waals surface area contributed by atoms with Gasteiger partial charge in [0.15, 0.2) is 10.8 Å². The number of pyridine rings is 1. The van der Waals surface area contributed by atoms with Gasteiger partial charge in [-0.15, -0.1) is 11.3 Å². The van der Waals surface area contributed by atoms with Crippen LogP contribution in [0.5, 0.6) is 11.6 Å². The summed E-state index contributed by atoms with van der Waals surface area (Å²) in [6.07, 6.45) is 1.18. The van der Waals surface area contributed by atoms with Crippen LogP contribution in [-0.2, 0) is 14.8 Å². The van der Waals surface area contributed by atoms with Gasteiger partial charge in [0, 0.05) is 11.4 Å². The average molecular weight is 405 g/mol. The van der Waals surface area contributed by atoms with Gasteiger partial charge in [0.05, 0.1) is 12.8 Å². The lowest BCUT2D eigenvalue weighted by molar-refractivity contribution is 0.0520. The van der Waals surface area contributed by atoms with Crippen LogP contribution in [0.4, 0.5) is 5.13 Å². The van der Waals surface area contributed by atoms with Crippen molar-refractivity contribution in [3.05, 3.63) is 59.7 Å². The Morgan fingerprint density at radius 3 is 2.63 bits per heavy atom. The summed E-state index contributed by atoms with van der Waals surface area (Å²) in [6.45, 7) is 1.88. The molecule has 0 saturated heterocycles. The van der Waals surface area contributed by atoms with Gasteiger partial charge in [-0.2, -0.15) is 0 Å². The Morgan fingerprint density at radius 2 is 1.96 bits per heavy atom. The normalized spacial score (nSPS) is 11.0. The highest BCUT2D eigenvalue weighted by Crippen LogP contribution is 2.23. The zero-order valence-corrected chi connectivity index (χ0v) is 15.8. The number of carbonyl (C=O) groups is 1. The van der Waals surface area contributed by atoms with E-state index in [-0.39, 0.29) is 28.2 Å². The molecule has 0 fully saturated rings. The Labute approximate surface area is 159 Å². The van der Waals surface area contributed by atoms with Crippen LogP contribution in [0.3, 0.4) is 0 Å². The first-order chi connectivity index (χ1) is 13.0. The molecule has 140 valence electrons. The molecule has 0 aliphatic heterocycles. The van der Waals surface area contributed by atoms with Gasteiger partial charge < -0.3 is 9.47 Å². The molecule has 1 N–H and O–H groups in total. The van der Waals surface area contributed by atoms with Gasteiger partial charge in [-0.05, 0) is 25.1 Å². The standard InChI is InChI=1S/C17H15N3O5S2/c1-2-24-16(21)14-11-26-17(19-14)20-27(22,23)13-8-9-15(18-10-13)25-12-6-4-3-5-7-12/h3-11H,2H2,1H3,(H,19,20). The predicted octanol–water partition coefficient (Wildman–Crippen LogP) is 3.31. The number of carbonyl (C=O) groups excluding carboxylic acids is 1. The summed E-state index contributed by atoms with van der Waals surface area (Å²) in [5.41, 5.74) is 0.0456. The van der Waals surface area contributed by atoms with E-state index in [1.165, 1.54) is 23.7 Å². The number of para-hydroxylation sites is 1. The van der Waals surface area contributed by atoms with Gasteiger partial charge in [0.2, 0.25) is 5.88 Å². The number of anilines is 1. The summed E-state index contributed by atoms with van der Waals surface area (Å²) in [5.74, 6) is 0.246. The first-order valence-electron chi connectivity index (χ1n) is 7.82. The number of thiazole rings is 1. The van der Waals surface area contributed by atoms with Crippen molar-refractivity contribution >= 4 is 32.5 Å². The number of esters is 1. The molecule has 0 spiro atoms. The highest BCUT2D eigenvalue weighted by molar-refractivity contribution is 7.93. The van der Waals surface area contributed by atoms with Gasteiger partial charge in [0.1, 0.15) is 10.6 Å².